The lowest BCUT2D eigenvalue weighted by molar-refractivity contribution is -0.154. The summed E-state index contributed by atoms with van der Waals surface area (Å²) in [5.74, 6) is 0.482. The van der Waals surface area contributed by atoms with E-state index in [1.807, 2.05) is 22.8 Å². The van der Waals surface area contributed by atoms with Gasteiger partial charge in [0.1, 0.15) is 0 Å². The Hall–Kier alpha value is -1.89. The van der Waals surface area contributed by atoms with E-state index in [1.165, 1.54) is 12.5 Å². The average Bonchev–Trinajstić information content (AvgIpc) is 3.01. The van der Waals surface area contributed by atoms with Crippen LogP contribution in [0.4, 0.5) is 0 Å². The van der Waals surface area contributed by atoms with E-state index in [9.17, 15) is 9.59 Å². The van der Waals surface area contributed by atoms with E-state index in [0.717, 1.165) is 25.9 Å². The van der Waals surface area contributed by atoms with Gasteiger partial charge in [-0.25, -0.2) is 0 Å². The van der Waals surface area contributed by atoms with Gasteiger partial charge in [0, 0.05) is 39.8 Å². The van der Waals surface area contributed by atoms with E-state index in [0.29, 0.717) is 25.6 Å². The Bertz CT molecular complexity index is 578. The molecule has 3 heterocycles. The summed E-state index contributed by atoms with van der Waals surface area (Å²) in [5, 5.41) is 4.22. The van der Waals surface area contributed by atoms with Crippen molar-refractivity contribution < 1.29 is 14.3 Å². The minimum atomic E-state index is -0.511. The molecule has 0 aliphatic carbocycles. The summed E-state index contributed by atoms with van der Waals surface area (Å²) in [6.45, 7) is 4.38. The van der Waals surface area contributed by atoms with Crippen molar-refractivity contribution in [3.63, 3.8) is 0 Å². The number of nitrogens with zero attached hydrogens (tertiary/aromatic N) is 4. The van der Waals surface area contributed by atoms with Crippen LogP contribution in [0.2, 0.25) is 0 Å². The van der Waals surface area contributed by atoms with Gasteiger partial charge in [0.2, 0.25) is 5.91 Å². The average molecular weight is 320 g/mol. The molecule has 1 aromatic rings. The topological polar surface area (TPSA) is 67.7 Å². The molecular weight excluding hydrogens is 296 g/mol. The summed E-state index contributed by atoms with van der Waals surface area (Å²) in [6.07, 6.45) is 5.35. The number of ether oxygens (including phenoxy) is 1. The smallest absolute Gasteiger partial charge is 0.253 e. The van der Waals surface area contributed by atoms with Crippen molar-refractivity contribution in [2.45, 2.75) is 31.8 Å². The van der Waals surface area contributed by atoms with Crippen LogP contribution in [-0.2, 0) is 21.4 Å². The molecule has 0 saturated carbocycles. The van der Waals surface area contributed by atoms with Gasteiger partial charge in [0.05, 0.1) is 19.3 Å². The highest BCUT2D eigenvalue weighted by Crippen LogP contribution is 2.28. The number of morpholine rings is 1. The van der Waals surface area contributed by atoms with Gasteiger partial charge in [-0.15, -0.1) is 0 Å². The molecular formula is C16H24N4O3. The molecule has 0 aromatic carbocycles. The van der Waals surface area contributed by atoms with Crippen LogP contribution >= 0.6 is 0 Å². The highest BCUT2D eigenvalue weighted by atomic mass is 16.5. The van der Waals surface area contributed by atoms with Gasteiger partial charge >= 0.3 is 0 Å². The molecule has 7 nitrogen and oxygen atoms in total. The first kappa shape index (κ1) is 16.0. The largest absolute Gasteiger partial charge is 0.365 e. The van der Waals surface area contributed by atoms with Crippen LogP contribution in [0, 0.1) is 0 Å². The summed E-state index contributed by atoms with van der Waals surface area (Å²) in [4.78, 5) is 27.7. The highest BCUT2D eigenvalue weighted by molar-refractivity contribution is 5.82. The van der Waals surface area contributed by atoms with Gasteiger partial charge in [-0.3, -0.25) is 14.3 Å². The lowest BCUT2D eigenvalue weighted by atomic mass is 9.91. The Balaban J connectivity index is 1.54. The number of hydrogen-bond acceptors (Lipinski definition) is 4. The molecule has 2 amide bonds. The normalized spacial score (nSPS) is 23.1. The van der Waals surface area contributed by atoms with Crippen molar-refractivity contribution in [1.29, 1.82) is 0 Å². The van der Waals surface area contributed by atoms with E-state index in [2.05, 4.69) is 11.3 Å². The fourth-order valence-corrected chi connectivity index (χ4v) is 3.37. The SMILES string of the molecule is CC(=O)N1CCOC(C(=O)N2CCC(c3cnn(C)c3)CC2)C1. The predicted octanol–water partition coefficient (Wildman–Crippen LogP) is 0.373. The Morgan fingerprint density at radius 1 is 1.22 bits per heavy atom. The van der Waals surface area contributed by atoms with E-state index in [-0.39, 0.29) is 11.8 Å². The molecule has 0 N–H and O–H groups in total. The summed E-state index contributed by atoms with van der Waals surface area (Å²) in [5.41, 5.74) is 1.25. The zero-order valence-electron chi connectivity index (χ0n) is 13.8. The quantitative estimate of drug-likeness (QED) is 0.790. The Kier molecular flexibility index (Phi) is 4.66. The number of piperidine rings is 1. The number of aromatic nitrogens is 2. The van der Waals surface area contributed by atoms with Gasteiger partial charge in [0.25, 0.3) is 5.91 Å². The Labute approximate surface area is 136 Å². The second-order valence-electron chi connectivity index (χ2n) is 6.37. The third-order valence-electron chi connectivity index (χ3n) is 4.79. The number of carbonyl (C=O) groups is 2. The van der Waals surface area contributed by atoms with Crippen LogP contribution in [0.3, 0.4) is 0 Å². The fourth-order valence-electron chi connectivity index (χ4n) is 3.37. The maximum absolute atomic E-state index is 12.6. The van der Waals surface area contributed by atoms with Gasteiger partial charge in [0.15, 0.2) is 6.10 Å². The van der Waals surface area contributed by atoms with Crippen molar-refractivity contribution in [2.24, 2.45) is 7.05 Å². The van der Waals surface area contributed by atoms with Crippen LogP contribution in [0.15, 0.2) is 12.4 Å². The minimum Gasteiger partial charge on any atom is -0.365 e. The van der Waals surface area contributed by atoms with Gasteiger partial charge in [-0.2, -0.15) is 5.10 Å². The predicted molar refractivity (Wildman–Crippen MR) is 83.8 cm³/mol. The monoisotopic (exact) mass is 320 g/mol. The molecule has 3 rings (SSSR count). The van der Waals surface area contributed by atoms with E-state index >= 15 is 0 Å². The molecule has 2 aliphatic heterocycles. The maximum atomic E-state index is 12.6. The van der Waals surface area contributed by atoms with E-state index in [1.54, 1.807) is 4.90 Å². The van der Waals surface area contributed by atoms with Crippen LogP contribution in [0.25, 0.3) is 0 Å². The lowest BCUT2D eigenvalue weighted by Gasteiger charge is -2.37. The van der Waals surface area contributed by atoms with Crippen molar-refractivity contribution in [2.75, 3.05) is 32.8 Å². The third kappa shape index (κ3) is 3.55. The molecule has 2 aliphatic rings. The van der Waals surface area contributed by atoms with Crippen molar-refractivity contribution in [3.05, 3.63) is 18.0 Å². The lowest BCUT2D eigenvalue weighted by Crippen LogP contribution is -2.53. The molecule has 2 saturated heterocycles. The maximum Gasteiger partial charge on any atom is 0.253 e. The molecule has 23 heavy (non-hydrogen) atoms. The van der Waals surface area contributed by atoms with Crippen molar-refractivity contribution >= 4 is 11.8 Å². The fraction of sp³-hybridized carbons (Fsp3) is 0.688. The molecule has 1 aromatic heterocycles. The number of aryl methyl sites for hydroxylation is 1. The molecule has 1 unspecified atom stereocenters. The molecule has 0 spiro atoms. The van der Waals surface area contributed by atoms with Crippen LogP contribution in [0.1, 0.15) is 31.2 Å². The second kappa shape index (κ2) is 6.70. The van der Waals surface area contributed by atoms with Gasteiger partial charge in [-0.1, -0.05) is 0 Å². The van der Waals surface area contributed by atoms with Gasteiger partial charge < -0.3 is 14.5 Å². The molecule has 2 fully saturated rings. The van der Waals surface area contributed by atoms with E-state index < -0.39 is 6.10 Å². The molecule has 0 bridgehead atoms. The summed E-state index contributed by atoms with van der Waals surface area (Å²) < 4.78 is 7.41. The molecule has 1 atom stereocenters. The Morgan fingerprint density at radius 3 is 2.57 bits per heavy atom. The number of rotatable bonds is 2. The third-order valence-corrected chi connectivity index (χ3v) is 4.79. The summed E-state index contributed by atoms with van der Waals surface area (Å²) >= 11 is 0. The minimum absolute atomic E-state index is 0.00128. The summed E-state index contributed by atoms with van der Waals surface area (Å²) in [7, 11) is 1.92. The second-order valence-corrected chi connectivity index (χ2v) is 6.37. The van der Waals surface area contributed by atoms with Crippen LogP contribution < -0.4 is 0 Å². The van der Waals surface area contributed by atoms with Gasteiger partial charge in [-0.05, 0) is 24.3 Å². The van der Waals surface area contributed by atoms with Crippen molar-refractivity contribution in [1.82, 2.24) is 19.6 Å². The molecule has 0 radical (unpaired) electrons. The summed E-state index contributed by atoms with van der Waals surface area (Å²) in [6, 6.07) is 0. The number of likely N-dealkylation sites (tertiary alicyclic amines) is 1. The van der Waals surface area contributed by atoms with E-state index in [4.69, 9.17) is 4.74 Å². The zero-order chi connectivity index (χ0) is 16.4. The molecule has 126 valence electrons. The molecule has 7 heteroatoms. The Morgan fingerprint density at radius 2 is 1.96 bits per heavy atom. The first-order chi connectivity index (χ1) is 11.0. The zero-order valence-corrected chi connectivity index (χ0v) is 13.8. The van der Waals surface area contributed by atoms with Crippen LogP contribution in [-0.4, -0.2) is 70.3 Å². The highest BCUT2D eigenvalue weighted by Gasteiger charge is 2.33. The first-order valence-corrected chi connectivity index (χ1v) is 8.19. The van der Waals surface area contributed by atoms with Crippen molar-refractivity contribution in [3.8, 4) is 0 Å². The van der Waals surface area contributed by atoms with Crippen LogP contribution in [0.5, 0.6) is 0 Å². The number of amides is 2. The standard InChI is InChI=1S/C16H24N4O3/c1-12(21)20-7-8-23-15(11-20)16(22)19-5-3-13(4-6-19)14-9-17-18(2)10-14/h9-10,13,15H,3-8,11H2,1-2H3. The number of carbonyl (C=O) groups excluding carboxylic acids is 2. The number of hydrogen-bond donors (Lipinski definition) is 0. The first-order valence-electron chi connectivity index (χ1n) is 8.19.